The van der Waals surface area contributed by atoms with E-state index in [0.29, 0.717) is 0 Å². The minimum absolute atomic E-state index is 0. The number of hydrogen-bond acceptors (Lipinski definition) is 0. The van der Waals surface area contributed by atoms with Crippen molar-refractivity contribution in [2.75, 3.05) is 0 Å². The van der Waals surface area contributed by atoms with Gasteiger partial charge in [0.05, 0.1) is 4.47 Å². The van der Waals surface area contributed by atoms with E-state index in [9.17, 15) is 0 Å². The van der Waals surface area contributed by atoms with Gasteiger partial charge in [-0.05, 0) is 22.0 Å². The van der Waals surface area contributed by atoms with Gasteiger partial charge < -0.3 is 24.0 Å². The third kappa shape index (κ3) is 4.06. The topological polar surface area (TPSA) is 3.88 Å². The highest BCUT2D eigenvalue weighted by Crippen LogP contribution is 2.02. The number of aromatic nitrogens is 1. The molecular formula is C8H11BrIN. The molecule has 0 bridgehead atoms. The van der Waals surface area contributed by atoms with Gasteiger partial charge in [-0.2, -0.15) is 0 Å². The molecule has 0 spiro atoms. The van der Waals surface area contributed by atoms with E-state index in [2.05, 4.69) is 39.8 Å². The third-order valence-corrected chi connectivity index (χ3v) is 1.77. The molecule has 0 aromatic carbocycles. The standard InChI is InChI=1S/C8H11BrN.HI/c1-2-5-10-6-3-4-8(9)7-10;/h3-4,6-7H,2,5H2,1H3;1H/q+1;/p-1. The molecule has 1 aromatic rings. The van der Waals surface area contributed by atoms with Gasteiger partial charge in [0.1, 0.15) is 6.54 Å². The van der Waals surface area contributed by atoms with Crippen molar-refractivity contribution in [1.29, 1.82) is 0 Å². The zero-order valence-corrected chi connectivity index (χ0v) is 10.2. The smallest absolute Gasteiger partial charge is 0.183 e. The van der Waals surface area contributed by atoms with Crippen LogP contribution in [0.5, 0.6) is 0 Å². The Morgan fingerprint density at radius 3 is 2.82 bits per heavy atom. The Hall–Kier alpha value is 0.360. The molecule has 11 heavy (non-hydrogen) atoms. The van der Waals surface area contributed by atoms with Crippen molar-refractivity contribution >= 4 is 15.9 Å². The Morgan fingerprint density at radius 2 is 2.27 bits per heavy atom. The highest BCUT2D eigenvalue weighted by molar-refractivity contribution is 9.10. The van der Waals surface area contributed by atoms with Crippen LogP contribution in [0.25, 0.3) is 0 Å². The van der Waals surface area contributed by atoms with Gasteiger partial charge in [0.15, 0.2) is 12.4 Å². The van der Waals surface area contributed by atoms with Gasteiger partial charge in [0, 0.05) is 12.5 Å². The van der Waals surface area contributed by atoms with Gasteiger partial charge in [0.2, 0.25) is 0 Å². The summed E-state index contributed by atoms with van der Waals surface area (Å²) in [5.41, 5.74) is 0. The van der Waals surface area contributed by atoms with Crippen LogP contribution in [0.1, 0.15) is 13.3 Å². The first-order valence-corrected chi connectivity index (χ1v) is 4.27. The van der Waals surface area contributed by atoms with E-state index in [-0.39, 0.29) is 24.0 Å². The van der Waals surface area contributed by atoms with Crippen LogP contribution in [0, 0.1) is 0 Å². The molecule has 0 unspecified atom stereocenters. The molecule has 0 radical (unpaired) electrons. The molecule has 0 fully saturated rings. The lowest BCUT2D eigenvalue weighted by Gasteiger charge is -1.91. The lowest BCUT2D eigenvalue weighted by atomic mass is 10.4. The summed E-state index contributed by atoms with van der Waals surface area (Å²) >= 11 is 3.41. The summed E-state index contributed by atoms with van der Waals surface area (Å²) in [4.78, 5) is 0. The van der Waals surface area contributed by atoms with Crippen molar-refractivity contribution in [3.63, 3.8) is 0 Å². The Bertz CT molecular complexity index is 215. The molecule has 0 N–H and O–H groups in total. The van der Waals surface area contributed by atoms with Gasteiger partial charge in [-0.3, -0.25) is 0 Å². The molecular weight excluding hydrogens is 317 g/mol. The Morgan fingerprint density at radius 1 is 1.55 bits per heavy atom. The van der Waals surface area contributed by atoms with E-state index in [4.69, 9.17) is 0 Å². The Labute approximate surface area is 93.0 Å². The van der Waals surface area contributed by atoms with Gasteiger partial charge in [-0.15, -0.1) is 0 Å². The van der Waals surface area contributed by atoms with E-state index >= 15 is 0 Å². The number of hydrogen-bond donors (Lipinski definition) is 0. The maximum atomic E-state index is 3.41. The first-order chi connectivity index (χ1) is 4.83. The van der Waals surface area contributed by atoms with Gasteiger partial charge in [-0.25, -0.2) is 4.57 Å². The summed E-state index contributed by atoms with van der Waals surface area (Å²) in [6, 6.07) is 4.08. The fourth-order valence-electron chi connectivity index (χ4n) is 0.887. The van der Waals surface area contributed by atoms with Crippen LogP contribution >= 0.6 is 15.9 Å². The molecule has 3 heteroatoms. The average Bonchev–Trinajstić information content (AvgIpc) is 1.88. The normalized spacial score (nSPS) is 8.91. The van der Waals surface area contributed by atoms with Crippen LogP contribution in [0.3, 0.4) is 0 Å². The fraction of sp³-hybridized carbons (Fsp3) is 0.375. The van der Waals surface area contributed by atoms with Crippen molar-refractivity contribution < 1.29 is 28.5 Å². The maximum Gasteiger partial charge on any atom is 0.183 e. The fourth-order valence-corrected chi connectivity index (χ4v) is 1.30. The Kier molecular flexibility index (Phi) is 6.14. The molecule has 62 valence electrons. The molecule has 1 heterocycles. The largest absolute Gasteiger partial charge is 1.00 e. The first-order valence-electron chi connectivity index (χ1n) is 3.47. The number of pyridine rings is 1. The van der Waals surface area contributed by atoms with E-state index in [0.717, 1.165) is 11.0 Å². The zero-order valence-electron chi connectivity index (χ0n) is 6.43. The Balaban J connectivity index is 0.000001000. The van der Waals surface area contributed by atoms with Crippen molar-refractivity contribution in [3.8, 4) is 0 Å². The zero-order chi connectivity index (χ0) is 7.40. The highest BCUT2D eigenvalue weighted by atomic mass is 127. The molecule has 1 nitrogen and oxygen atoms in total. The molecule has 0 aliphatic carbocycles. The second kappa shape index (κ2) is 5.94. The van der Waals surface area contributed by atoms with Gasteiger partial charge >= 0.3 is 0 Å². The summed E-state index contributed by atoms with van der Waals surface area (Å²) in [7, 11) is 0. The van der Waals surface area contributed by atoms with E-state index in [1.807, 2.05) is 12.1 Å². The predicted octanol–water partition coefficient (Wildman–Crippen LogP) is -0.849. The second-order valence-electron chi connectivity index (χ2n) is 2.26. The molecule has 0 atom stereocenters. The number of nitrogens with zero attached hydrogens (tertiary/aromatic N) is 1. The van der Waals surface area contributed by atoms with Crippen molar-refractivity contribution in [2.24, 2.45) is 0 Å². The predicted molar refractivity (Wildman–Crippen MR) is 44.6 cm³/mol. The van der Waals surface area contributed by atoms with E-state index in [1.165, 1.54) is 6.42 Å². The first kappa shape index (κ1) is 11.4. The molecule has 0 saturated carbocycles. The van der Waals surface area contributed by atoms with Crippen LogP contribution in [0.2, 0.25) is 0 Å². The lowest BCUT2D eigenvalue weighted by Crippen LogP contribution is -3.00. The van der Waals surface area contributed by atoms with Crippen molar-refractivity contribution in [2.45, 2.75) is 19.9 Å². The van der Waals surface area contributed by atoms with Gasteiger partial charge in [-0.1, -0.05) is 6.92 Å². The number of halogens is 2. The monoisotopic (exact) mass is 327 g/mol. The average molecular weight is 328 g/mol. The summed E-state index contributed by atoms with van der Waals surface area (Å²) in [6.07, 6.45) is 5.35. The minimum atomic E-state index is 0. The quantitative estimate of drug-likeness (QED) is 0.492. The van der Waals surface area contributed by atoms with Crippen LogP contribution in [0.4, 0.5) is 0 Å². The molecule has 0 aliphatic rings. The van der Waals surface area contributed by atoms with Gasteiger partial charge in [0.25, 0.3) is 0 Å². The third-order valence-electron chi connectivity index (χ3n) is 1.30. The molecule has 1 rings (SSSR count). The van der Waals surface area contributed by atoms with Crippen molar-refractivity contribution in [3.05, 3.63) is 29.0 Å². The van der Waals surface area contributed by atoms with E-state index < -0.39 is 0 Å². The lowest BCUT2D eigenvalue weighted by molar-refractivity contribution is -0.697. The summed E-state index contributed by atoms with van der Waals surface area (Å²) in [5.74, 6) is 0. The second-order valence-corrected chi connectivity index (χ2v) is 3.18. The molecule has 0 aliphatic heterocycles. The number of rotatable bonds is 2. The van der Waals surface area contributed by atoms with Crippen LogP contribution in [-0.4, -0.2) is 0 Å². The van der Waals surface area contributed by atoms with Crippen LogP contribution in [-0.2, 0) is 6.54 Å². The molecule has 1 aromatic heterocycles. The number of aryl methyl sites for hydroxylation is 1. The minimum Gasteiger partial charge on any atom is -1.00 e. The van der Waals surface area contributed by atoms with Crippen LogP contribution in [0.15, 0.2) is 29.0 Å². The summed E-state index contributed by atoms with van der Waals surface area (Å²) in [6.45, 7) is 3.27. The molecule has 0 amide bonds. The highest BCUT2D eigenvalue weighted by Gasteiger charge is 1.96. The summed E-state index contributed by atoms with van der Waals surface area (Å²) < 4.78 is 3.31. The maximum absolute atomic E-state index is 3.41. The SMILES string of the molecule is CCC[n+]1cccc(Br)c1.[I-]. The van der Waals surface area contributed by atoms with E-state index in [1.54, 1.807) is 0 Å². The van der Waals surface area contributed by atoms with Crippen molar-refractivity contribution in [1.82, 2.24) is 0 Å². The molecule has 0 saturated heterocycles. The summed E-state index contributed by atoms with van der Waals surface area (Å²) in [5, 5.41) is 0. The van der Waals surface area contributed by atoms with Crippen LogP contribution < -0.4 is 28.5 Å².